The summed E-state index contributed by atoms with van der Waals surface area (Å²) in [6.45, 7) is 14.5. The van der Waals surface area contributed by atoms with Gasteiger partial charge in [-0.25, -0.2) is 0 Å². The lowest BCUT2D eigenvalue weighted by Gasteiger charge is -2.65. The maximum absolute atomic E-state index is 6.69. The number of fused-ring (bicyclic) bond motifs is 2. The molecular weight excluding hydrogens is 745 g/mol. The second-order valence-corrected chi connectivity index (χ2v) is 23.7. The van der Waals surface area contributed by atoms with Gasteiger partial charge in [0, 0.05) is 49.5 Å². The maximum Gasteiger partial charge on any atom is 0.0576 e. The second kappa shape index (κ2) is 25.7. The summed E-state index contributed by atoms with van der Waals surface area (Å²) in [5, 5.41) is 0. The van der Waals surface area contributed by atoms with Crippen LogP contribution >= 0.6 is 0 Å². The van der Waals surface area contributed by atoms with Gasteiger partial charge in [0.15, 0.2) is 0 Å². The van der Waals surface area contributed by atoms with Gasteiger partial charge in [0.25, 0.3) is 0 Å². The molecule has 0 radical (unpaired) electrons. The molecule has 7 fully saturated rings. The predicted octanol–water partition coefficient (Wildman–Crippen LogP) is 15.7. The van der Waals surface area contributed by atoms with E-state index >= 15 is 0 Å². The number of unbranched alkanes of at least 4 members (excludes halogenated alkanes) is 10. The highest BCUT2D eigenvalue weighted by atomic mass is 16.5. The van der Waals surface area contributed by atoms with Gasteiger partial charge in [0.1, 0.15) is 0 Å². The van der Waals surface area contributed by atoms with Crippen molar-refractivity contribution in [1.29, 1.82) is 0 Å². The smallest absolute Gasteiger partial charge is 0.0576 e. The molecule has 0 spiro atoms. The summed E-state index contributed by atoms with van der Waals surface area (Å²) in [4.78, 5) is 6.87. The lowest BCUT2D eigenvalue weighted by molar-refractivity contribution is -0.156. The van der Waals surface area contributed by atoms with Crippen molar-refractivity contribution in [1.82, 2.24) is 9.80 Å². The van der Waals surface area contributed by atoms with Gasteiger partial charge in [-0.05, 0) is 183 Å². The Morgan fingerprint density at radius 1 is 0.344 bits per heavy atom. The van der Waals surface area contributed by atoms with Crippen molar-refractivity contribution in [3.05, 3.63) is 0 Å². The van der Waals surface area contributed by atoms with Crippen LogP contribution in [0.25, 0.3) is 0 Å². The summed E-state index contributed by atoms with van der Waals surface area (Å²) < 4.78 is 13.4. The van der Waals surface area contributed by atoms with E-state index in [9.17, 15) is 0 Å². The van der Waals surface area contributed by atoms with Gasteiger partial charge in [0.2, 0.25) is 0 Å². The van der Waals surface area contributed by atoms with E-state index in [1.807, 2.05) is 0 Å². The summed E-state index contributed by atoms with van der Waals surface area (Å²) >= 11 is 0. The Bertz CT molecular complexity index is 1160. The van der Waals surface area contributed by atoms with Gasteiger partial charge >= 0.3 is 0 Å². The van der Waals surface area contributed by atoms with E-state index in [2.05, 4.69) is 44.4 Å². The van der Waals surface area contributed by atoms with E-state index < -0.39 is 0 Å². The summed E-state index contributed by atoms with van der Waals surface area (Å²) in [7, 11) is 0. The number of rotatable bonds is 22. The molecule has 0 aromatic heterocycles. The van der Waals surface area contributed by atoms with Crippen LogP contribution in [-0.2, 0) is 9.47 Å². The van der Waals surface area contributed by atoms with Gasteiger partial charge in [-0.3, -0.25) is 9.80 Å². The van der Waals surface area contributed by atoms with E-state index in [1.165, 1.54) is 225 Å². The minimum absolute atomic E-state index is 0.517. The molecule has 0 amide bonds. The van der Waals surface area contributed by atoms with Crippen LogP contribution in [0.2, 0.25) is 0 Å². The van der Waals surface area contributed by atoms with Gasteiger partial charge in [0.05, 0.1) is 12.2 Å². The van der Waals surface area contributed by atoms with Gasteiger partial charge in [-0.2, -0.15) is 0 Å². The normalized spacial score (nSPS) is 39.9. The lowest BCUT2D eigenvalue weighted by Crippen LogP contribution is -2.69. The first kappa shape index (κ1) is 48.8. The Morgan fingerprint density at radius 2 is 0.689 bits per heavy atom. The van der Waals surface area contributed by atoms with E-state index in [0.29, 0.717) is 12.2 Å². The van der Waals surface area contributed by atoms with Crippen LogP contribution < -0.4 is 0 Å². The Morgan fingerprint density at radius 3 is 1.11 bits per heavy atom. The molecule has 0 N–H and O–H groups in total. The molecule has 7 rings (SSSR count). The molecule has 0 aromatic carbocycles. The van der Waals surface area contributed by atoms with E-state index in [0.717, 1.165) is 90.9 Å². The Kier molecular flexibility index (Phi) is 20.5. The number of nitrogens with zero attached hydrogens (tertiary/aromatic N) is 2. The number of ether oxygens (including phenoxy) is 2. The molecule has 354 valence electrons. The quantitative estimate of drug-likeness (QED) is 0.101. The van der Waals surface area contributed by atoms with Crippen molar-refractivity contribution in [2.75, 3.05) is 13.2 Å². The summed E-state index contributed by atoms with van der Waals surface area (Å²) in [6, 6.07) is 4.90. The molecule has 0 aromatic rings. The monoisotopic (exact) mass is 849 g/mol. The molecule has 7 aliphatic carbocycles. The molecule has 7 saturated carbocycles. The fourth-order valence-electron chi connectivity index (χ4n) is 15.8. The summed E-state index contributed by atoms with van der Waals surface area (Å²) in [5.74, 6) is 6.37. The van der Waals surface area contributed by atoms with Crippen LogP contribution in [0.4, 0.5) is 0 Å². The summed E-state index contributed by atoms with van der Waals surface area (Å²) in [6.07, 6.45) is 50.5. The zero-order valence-corrected chi connectivity index (χ0v) is 41.5. The molecule has 0 bridgehead atoms. The highest BCUT2D eigenvalue weighted by molar-refractivity contribution is 5.11. The van der Waals surface area contributed by atoms with Crippen LogP contribution in [0, 0.1) is 41.4 Å². The minimum atomic E-state index is 0.517. The van der Waals surface area contributed by atoms with Gasteiger partial charge in [-0.1, -0.05) is 118 Å². The third-order valence-corrected chi connectivity index (χ3v) is 19.2. The first-order valence-electron chi connectivity index (χ1n) is 28.7. The highest BCUT2D eigenvalue weighted by Gasteiger charge is 2.58. The van der Waals surface area contributed by atoms with Crippen LogP contribution in [0.3, 0.4) is 0 Å². The number of hydrogen-bond acceptors (Lipinski definition) is 4. The average molecular weight is 849 g/mol. The number of hydrogen-bond donors (Lipinski definition) is 0. The van der Waals surface area contributed by atoms with Crippen molar-refractivity contribution >= 4 is 0 Å². The third kappa shape index (κ3) is 13.5. The van der Waals surface area contributed by atoms with Gasteiger partial charge < -0.3 is 9.47 Å². The predicted molar refractivity (Wildman–Crippen MR) is 260 cm³/mol. The molecule has 7 unspecified atom stereocenters. The molecule has 7 aliphatic rings. The zero-order chi connectivity index (χ0) is 42.4. The van der Waals surface area contributed by atoms with E-state index in [1.54, 1.807) is 0 Å². The average Bonchev–Trinajstić information content (AvgIpc) is 3.28. The van der Waals surface area contributed by atoms with E-state index in [-0.39, 0.29) is 0 Å². The highest BCUT2D eigenvalue weighted by Crippen LogP contribution is 2.57. The van der Waals surface area contributed by atoms with Crippen molar-refractivity contribution in [2.24, 2.45) is 41.4 Å². The fraction of sp³-hybridized carbons (Fsp3) is 1.00. The Hall–Kier alpha value is -0.160. The minimum Gasteiger partial charge on any atom is -0.378 e. The molecular formula is C57H104N2O2. The molecule has 4 nitrogen and oxygen atoms in total. The zero-order valence-electron chi connectivity index (χ0n) is 41.5. The molecule has 7 atom stereocenters. The Balaban J connectivity index is 1.09. The Labute approximate surface area is 380 Å². The maximum atomic E-state index is 6.69. The third-order valence-electron chi connectivity index (χ3n) is 19.2. The van der Waals surface area contributed by atoms with Crippen LogP contribution in [0.1, 0.15) is 259 Å². The molecule has 61 heavy (non-hydrogen) atoms. The standard InChI is InChI=1S/C57H104N2O2/c1-6-8-10-12-14-18-40-60-50-35-31-48(32-36-50)58(46-27-22-43(3)23-28-46)56-52-20-16-17-21-53(52)57(55-42-45(5)26-39-54(55)56)59(47-29-24-44(4)25-30-47)49-33-37-51(38-34-49)61-41-19-15-13-11-9-7-2/h43-57H,6-42H2,1-5H3. The second-order valence-electron chi connectivity index (χ2n) is 23.7. The van der Waals surface area contributed by atoms with E-state index in [4.69, 9.17) is 9.47 Å². The molecule has 0 heterocycles. The largest absolute Gasteiger partial charge is 0.378 e. The molecule has 0 aliphatic heterocycles. The van der Waals surface area contributed by atoms with Crippen molar-refractivity contribution < 1.29 is 9.47 Å². The topological polar surface area (TPSA) is 24.9 Å². The van der Waals surface area contributed by atoms with Crippen molar-refractivity contribution in [2.45, 2.75) is 308 Å². The fourth-order valence-corrected chi connectivity index (χ4v) is 15.8. The first-order chi connectivity index (χ1) is 29.9. The summed E-state index contributed by atoms with van der Waals surface area (Å²) in [5.41, 5.74) is 0. The van der Waals surface area contributed by atoms with Crippen LogP contribution in [0.5, 0.6) is 0 Å². The van der Waals surface area contributed by atoms with Gasteiger partial charge in [-0.15, -0.1) is 0 Å². The first-order valence-corrected chi connectivity index (χ1v) is 28.7. The van der Waals surface area contributed by atoms with Crippen molar-refractivity contribution in [3.8, 4) is 0 Å². The molecule has 0 saturated heterocycles. The van der Waals surface area contributed by atoms with Crippen molar-refractivity contribution in [3.63, 3.8) is 0 Å². The lowest BCUT2D eigenvalue weighted by atomic mass is 9.52. The van der Waals surface area contributed by atoms with Crippen LogP contribution in [0.15, 0.2) is 0 Å². The molecule has 4 heteroatoms. The SMILES string of the molecule is CCCCCCCCOC1CCC(N(C2CCC(C)CC2)C2C3CCCCC3C(N(C3CCC(C)CC3)C3CCC(OCCCCCCCC)CC3)C3CC(C)CCC32)CC1. The van der Waals surface area contributed by atoms with Crippen LogP contribution in [-0.4, -0.2) is 71.5 Å².